The summed E-state index contributed by atoms with van der Waals surface area (Å²) in [4.78, 5) is -0.191. The van der Waals surface area contributed by atoms with Gasteiger partial charge in [0.15, 0.2) is 0 Å². The Bertz CT molecular complexity index is 1660. The van der Waals surface area contributed by atoms with Gasteiger partial charge in [-0.15, -0.1) is 0 Å². The Morgan fingerprint density at radius 3 is 1.39 bits per heavy atom. The number of aryl methyl sites for hydroxylation is 2. The van der Waals surface area contributed by atoms with Gasteiger partial charge >= 0.3 is 0 Å². The molecule has 0 atom stereocenters. The Hall–Kier alpha value is -3.30. The van der Waals surface area contributed by atoms with Crippen molar-refractivity contribution in [2.45, 2.75) is 49.3 Å². The third kappa shape index (κ3) is 6.96. The molecular weight excluding hydrogens is 520 g/mol. The molecule has 0 unspecified atom stereocenters. The Kier molecular flexibility index (Phi) is 8.18. The average molecular weight is 551 g/mol. The van der Waals surface area contributed by atoms with Crippen LogP contribution in [0.1, 0.15) is 51.4 Å². The van der Waals surface area contributed by atoms with Crippen molar-refractivity contribution >= 4 is 20.2 Å². The van der Waals surface area contributed by atoms with Crippen molar-refractivity contribution in [3.05, 3.63) is 129 Å². The Balaban J connectivity index is 1.53. The molecule has 0 saturated carbocycles. The van der Waals surface area contributed by atoms with E-state index in [-0.39, 0.29) is 9.79 Å². The molecule has 0 spiro atoms. The van der Waals surface area contributed by atoms with Gasteiger partial charge in [0.05, 0.1) is 9.79 Å². The second-order valence-electron chi connectivity index (χ2n) is 9.52. The molecule has 0 saturated heterocycles. The number of rotatable bonds is 9. The number of hydrogen-bond acceptors (Lipinski definition) is 4. The molecule has 0 fully saturated rings. The van der Waals surface area contributed by atoms with E-state index in [1.807, 2.05) is 54.6 Å². The van der Waals surface area contributed by atoms with Gasteiger partial charge in [0.2, 0.25) is 0 Å². The van der Waals surface area contributed by atoms with Gasteiger partial charge in [0.25, 0.3) is 20.2 Å². The highest BCUT2D eigenvalue weighted by molar-refractivity contribution is 7.86. The molecule has 198 valence electrons. The summed E-state index contributed by atoms with van der Waals surface area (Å²) in [6.45, 7) is 3.83. The molecule has 0 aliphatic heterocycles. The summed E-state index contributed by atoms with van der Waals surface area (Å²) in [5, 5.41) is 0. The first-order valence-electron chi connectivity index (χ1n) is 12.2. The summed E-state index contributed by atoms with van der Waals surface area (Å²) in [5.41, 5.74) is 6.46. The molecule has 0 aliphatic carbocycles. The Morgan fingerprint density at radius 2 is 0.921 bits per heavy atom. The van der Waals surface area contributed by atoms with Crippen molar-refractivity contribution in [2.75, 3.05) is 0 Å². The standard InChI is InChI=1S/C30H30O6S2/c1-3-22-5-7-24(8-6-22)19-28-15-13-26(20-30(28)38(34,35)36)17-23-9-11-25(12-10-23)18-27-14-4-21(2)16-29(27)37(31,32)33/h4-16,20H,3,17-19H2,1-2H3,(H,31,32,33)(H,34,35,36). The van der Waals surface area contributed by atoms with Crippen LogP contribution in [0.15, 0.2) is 94.7 Å². The lowest BCUT2D eigenvalue weighted by atomic mass is 9.98. The van der Waals surface area contributed by atoms with Crippen molar-refractivity contribution in [3.8, 4) is 0 Å². The zero-order valence-electron chi connectivity index (χ0n) is 21.3. The molecule has 2 N–H and O–H groups in total. The molecule has 0 radical (unpaired) electrons. The lowest BCUT2D eigenvalue weighted by Crippen LogP contribution is -2.05. The monoisotopic (exact) mass is 550 g/mol. The summed E-state index contributed by atoms with van der Waals surface area (Å²) in [7, 11) is -8.75. The zero-order chi connectivity index (χ0) is 27.5. The third-order valence-corrected chi connectivity index (χ3v) is 8.43. The lowest BCUT2D eigenvalue weighted by Gasteiger charge is -2.12. The molecule has 0 heterocycles. The fraction of sp³-hybridized carbons (Fsp3) is 0.200. The SMILES string of the molecule is CCc1ccc(Cc2ccc(Cc3ccc(Cc4ccc(C)cc4S(=O)(=O)O)cc3)cc2S(=O)(=O)O)cc1. The second kappa shape index (κ2) is 11.2. The molecular formula is C30H30O6S2. The van der Waals surface area contributed by atoms with Crippen LogP contribution in [0.2, 0.25) is 0 Å². The molecule has 4 rings (SSSR count). The molecule has 4 aromatic carbocycles. The van der Waals surface area contributed by atoms with Crippen LogP contribution in [0.3, 0.4) is 0 Å². The quantitative estimate of drug-likeness (QED) is 0.254. The van der Waals surface area contributed by atoms with Crippen LogP contribution >= 0.6 is 0 Å². The first-order valence-corrected chi connectivity index (χ1v) is 15.1. The van der Waals surface area contributed by atoms with Gasteiger partial charge in [-0.25, -0.2) is 0 Å². The van der Waals surface area contributed by atoms with E-state index < -0.39 is 20.2 Å². The smallest absolute Gasteiger partial charge is 0.282 e. The predicted molar refractivity (Wildman–Crippen MR) is 148 cm³/mol. The van der Waals surface area contributed by atoms with E-state index in [2.05, 4.69) is 6.92 Å². The van der Waals surface area contributed by atoms with Crippen LogP contribution < -0.4 is 0 Å². The van der Waals surface area contributed by atoms with Crippen LogP contribution in [0.25, 0.3) is 0 Å². The highest BCUT2D eigenvalue weighted by Gasteiger charge is 2.18. The maximum absolute atomic E-state index is 12.2. The van der Waals surface area contributed by atoms with Gasteiger partial charge in [-0.05, 0) is 89.2 Å². The van der Waals surface area contributed by atoms with Crippen molar-refractivity contribution in [2.24, 2.45) is 0 Å². The summed E-state index contributed by atoms with van der Waals surface area (Å²) in [6.07, 6.45) is 2.09. The van der Waals surface area contributed by atoms with Crippen LogP contribution in [-0.4, -0.2) is 25.9 Å². The maximum atomic E-state index is 12.2. The number of hydrogen-bond donors (Lipinski definition) is 2. The molecule has 6 nitrogen and oxygen atoms in total. The van der Waals surface area contributed by atoms with E-state index >= 15 is 0 Å². The molecule has 0 bridgehead atoms. The van der Waals surface area contributed by atoms with Gasteiger partial charge in [0.1, 0.15) is 0 Å². The van der Waals surface area contributed by atoms with E-state index in [9.17, 15) is 25.9 Å². The highest BCUT2D eigenvalue weighted by Crippen LogP contribution is 2.24. The maximum Gasteiger partial charge on any atom is 0.294 e. The second-order valence-corrected chi connectivity index (χ2v) is 12.3. The van der Waals surface area contributed by atoms with E-state index in [1.165, 1.54) is 17.7 Å². The van der Waals surface area contributed by atoms with Gasteiger partial charge in [-0.2, -0.15) is 16.8 Å². The number of benzene rings is 4. The van der Waals surface area contributed by atoms with E-state index in [0.29, 0.717) is 30.4 Å². The van der Waals surface area contributed by atoms with Crippen molar-refractivity contribution in [1.29, 1.82) is 0 Å². The van der Waals surface area contributed by atoms with E-state index in [0.717, 1.165) is 34.2 Å². The van der Waals surface area contributed by atoms with Gasteiger partial charge < -0.3 is 0 Å². The minimum Gasteiger partial charge on any atom is -0.282 e. The van der Waals surface area contributed by atoms with Gasteiger partial charge in [0, 0.05) is 0 Å². The molecule has 0 aliphatic rings. The molecule has 8 heteroatoms. The predicted octanol–water partition coefficient (Wildman–Crippen LogP) is 5.82. The first-order chi connectivity index (χ1) is 17.9. The minimum atomic E-state index is -4.41. The van der Waals surface area contributed by atoms with Gasteiger partial charge in [-0.3, -0.25) is 9.11 Å². The molecule has 0 aromatic heterocycles. The van der Waals surface area contributed by atoms with Crippen LogP contribution in [0.4, 0.5) is 0 Å². The summed E-state index contributed by atoms with van der Waals surface area (Å²) in [5.74, 6) is 0. The minimum absolute atomic E-state index is 0.0942. The van der Waals surface area contributed by atoms with Crippen LogP contribution in [0.5, 0.6) is 0 Å². The normalized spacial score (nSPS) is 12.0. The zero-order valence-corrected chi connectivity index (χ0v) is 22.9. The van der Waals surface area contributed by atoms with E-state index in [4.69, 9.17) is 0 Å². The van der Waals surface area contributed by atoms with Gasteiger partial charge in [-0.1, -0.05) is 79.7 Å². The van der Waals surface area contributed by atoms with Crippen molar-refractivity contribution < 1.29 is 25.9 Å². The Morgan fingerprint density at radius 1 is 0.526 bits per heavy atom. The summed E-state index contributed by atoms with van der Waals surface area (Å²) in [6, 6.07) is 25.6. The Labute approximate surface area is 224 Å². The van der Waals surface area contributed by atoms with Crippen LogP contribution in [-0.2, 0) is 45.9 Å². The average Bonchev–Trinajstić information content (AvgIpc) is 2.86. The summed E-state index contributed by atoms with van der Waals surface area (Å²) >= 11 is 0. The third-order valence-electron chi connectivity index (χ3n) is 6.56. The van der Waals surface area contributed by atoms with Crippen LogP contribution in [0, 0.1) is 6.92 Å². The molecule has 0 amide bonds. The molecule has 4 aromatic rings. The summed E-state index contributed by atoms with van der Waals surface area (Å²) < 4.78 is 67.5. The van der Waals surface area contributed by atoms with Crippen molar-refractivity contribution in [1.82, 2.24) is 0 Å². The fourth-order valence-corrected chi connectivity index (χ4v) is 6.06. The lowest BCUT2D eigenvalue weighted by molar-refractivity contribution is 0.480. The largest absolute Gasteiger partial charge is 0.294 e. The first kappa shape index (κ1) is 27.7. The molecule has 38 heavy (non-hydrogen) atoms. The fourth-order valence-electron chi connectivity index (χ4n) is 4.49. The highest BCUT2D eigenvalue weighted by atomic mass is 32.2. The van der Waals surface area contributed by atoms with Crippen molar-refractivity contribution in [3.63, 3.8) is 0 Å². The van der Waals surface area contributed by atoms with E-state index in [1.54, 1.807) is 25.1 Å². The topological polar surface area (TPSA) is 109 Å².